The van der Waals surface area contributed by atoms with Crippen molar-refractivity contribution in [3.63, 3.8) is 0 Å². The van der Waals surface area contributed by atoms with Crippen LogP contribution in [0.15, 0.2) is 28.7 Å². The molecule has 0 bridgehead atoms. The Labute approximate surface area is 84.4 Å². The highest BCUT2D eigenvalue weighted by atomic mass is 79.9. The molecule has 0 unspecified atom stereocenters. The zero-order valence-electron chi connectivity index (χ0n) is 6.68. The summed E-state index contributed by atoms with van der Waals surface area (Å²) in [6.45, 7) is 0. The van der Waals surface area contributed by atoms with Gasteiger partial charge in [0.05, 0.1) is 6.07 Å². The van der Waals surface area contributed by atoms with Gasteiger partial charge >= 0.3 is 0 Å². The van der Waals surface area contributed by atoms with Gasteiger partial charge in [0.2, 0.25) is 0 Å². The van der Waals surface area contributed by atoms with Crippen LogP contribution < -0.4 is 0 Å². The molecule has 2 atom stereocenters. The Bertz CT molecular complexity index is 317. The van der Waals surface area contributed by atoms with Crippen LogP contribution in [0.1, 0.15) is 11.7 Å². The molecule has 1 rings (SSSR count). The molecule has 0 fully saturated rings. The lowest BCUT2D eigenvalue weighted by Crippen LogP contribution is -2.15. The molecule has 0 spiro atoms. The maximum atomic E-state index is 9.39. The van der Waals surface area contributed by atoms with Crippen LogP contribution in [0.2, 0.25) is 0 Å². The van der Waals surface area contributed by atoms with Crippen molar-refractivity contribution in [2.75, 3.05) is 0 Å². The van der Waals surface area contributed by atoms with Crippen LogP contribution in [-0.4, -0.2) is 16.3 Å². The molecule has 0 aliphatic carbocycles. The summed E-state index contributed by atoms with van der Waals surface area (Å²) in [5, 5.41) is 26.8. The van der Waals surface area contributed by atoms with Gasteiger partial charge in [0.25, 0.3) is 0 Å². The van der Waals surface area contributed by atoms with Crippen molar-refractivity contribution in [1.29, 1.82) is 5.26 Å². The monoisotopic (exact) mass is 241 g/mol. The Morgan fingerprint density at radius 1 is 1.23 bits per heavy atom. The molecule has 0 saturated heterocycles. The fraction of sp³-hybridized carbons (Fsp3) is 0.222. The summed E-state index contributed by atoms with van der Waals surface area (Å²) in [6.07, 6.45) is -2.51. The first kappa shape index (κ1) is 10.2. The molecule has 13 heavy (non-hydrogen) atoms. The molecule has 0 amide bonds. The van der Waals surface area contributed by atoms with Gasteiger partial charge in [0.1, 0.15) is 6.10 Å². The SMILES string of the molecule is N#C[C@H](O)[C@@H](O)c1ccc(Br)cc1. The molecule has 0 saturated carbocycles. The third-order valence-corrected chi connectivity index (χ3v) is 2.17. The van der Waals surface area contributed by atoms with Crippen molar-refractivity contribution in [3.8, 4) is 6.07 Å². The first-order valence-corrected chi connectivity index (χ1v) is 4.45. The summed E-state index contributed by atoms with van der Waals surface area (Å²) in [5.74, 6) is 0. The minimum atomic E-state index is -1.37. The molecule has 1 aromatic rings. The quantitative estimate of drug-likeness (QED) is 0.769. The number of hydrogen-bond donors (Lipinski definition) is 2. The fourth-order valence-electron chi connectivity index (χ4n) is 0.913. The summed E-state index contributed by atoms with van der Waals surface area (Å²) in [6, 6.07) is 8.35. The Balaban J connectivity index is 2.84. The zero-order valence-corrected chi connectivity index (χ0v) is 8.27. The number of hydrogen-bond acceptors (Lipinski definition) is 3. The third kappa shape index (κ3) is 2.52. The van der Waals surface area contributed by atoms with Crippen molar-refractivity contribution in [1.82, 2.24) is 0 Å². The van der Waals surface area contributed by atoms with E-state index in [1.807, 2.05) is 0 Å². The molecule has 2 N–H and O–H groups in total. The predicted octanol–water partition coefficient (Wildman–Crippen LogP) is 1.37. The molecular formula is C9H8BrNO2. The van der Waals surface area contributed by atoms with Crippen LogP contribution in [0.5, 0.6) is 0 Å². The van der Waals surface area contributed by atoms with Crippen LogP contribution in [0.4, 0.5) is 0 Å². The number of rotatable bonds is 2. The molecule has 0 aliphatic heterocycles. The number of nitrogens with zero attached hydrogens (tertiary/aromatic N) is 1. The molecule has 68 valence electrons. The van der Waals surface area contributed by atoms with Crippen molar-refractivity contribution >= 4 is 15.9 Å². The fourth-order valence-corrected chi connectivity index (χ4v) is 1.18. The molecule has 1 aromatic carbocycles. The molecular weight excluding hydrogens is 234 g/mol. The van der Waals surface area contributed by atoms with E-state index in [4.69, 9.17) is 10.4 Å². The van der Waals surface area contributed by atoms with Crippen LogP contribution in [0.25, 0.3) is 0 Å². The van der Waals surface area contributed by atoms with Crippen molar-refractivity contribution in [3.05, 3.63) is 34.3 Å². The third-order valence-electron chi connectivity index (χ3n) is 1.64. The average molecular weight is 242 g/mol. The lowest BCUT2D eigenvalue weighted by Gasteiger charge is -2.11. The topological polar surface area (TPSA) is 64.2 Å². The largest absolute Gasteiger partial charge is 0.385 e. The molecule has 4 heteroatoms. The van der Waals surface area contributed by atoms with Gasteiger partial charge in [-0.25, -0.2) is 0 Å². The summed E-state index contributed by atoms with van der Waals surface area (Å²) in [7, 11) is 0. The Hall–Kier alpha value is -0.890. The van der Waals surface area contributed by atoms with Gasteiger partial charge in [-0.15, -0.1) is 0 Å². The molecule has 0 radical (unpaired) electrons. The van der Waals surface area contributed by atoms with E-state index >= 15 is 0 Å². The summed E-state index contributed by atoms with van der Waals surface area (Å²) in [5.41, 5.74) is 0.525. The number of halogens is 1. The molecule has 0 aromatic heterocycles. The lowest BCUT2D eigenvalue weighted by atomic mass is 10.1. The molecule has 0 aliphatic rings. The van der Waals surface area contributed by atoms with Gasteiger partial charge in [0, 0.05) is 4.47 Å². The molecule has 3 nitrogen and oxygen atoms in total. The summed E-state index contributed by atoms with van der Waals surface area (Å²) in [4.78, 5) is 0. The van der Waals surface area contributed by atoms with Gasteiger partial charge in [-0.3, -0.25) is 0 Å². The predicted molar refractivity (Wildman–Crippen MR) is 50.7 cm³/mol. The first-order valence-electron chi connectivity index (χ1n) is 3.66. The first-order chi connectivity index (χ1) is 6.15. The minimum Gasteiger partial charge on any atom is -0.385 e. The van der Waals surface area contributed by atoms with E-state index in [0.29, 0.717) is 5.56 Å². The van der Waals surface area contributed by atoms with Gasteiger partial charge in [0.15, 0.2) is 6.10 Å². The van der Waals surface area contributed by atoms with E-state index < -0.39 is 12.2 Å². The molecule has 0 heterocycles. The van der Waals surface area contributed by atoms with Gasteiger partial charge in [-0.1, -0.05) is 28.1 Å². The number of nitriles is 1. The van der Waals surface area contributed by atoms with Crippen molar-refractivity contribution in [2.45, 2.75) is 12.2 Å². The van der Waals surface area contributed by atoms with Crippen molar-refractivity contribution in [2.24, 2.45) is 0 Å². The van der Waals surface area contributed by atoms with Crippen LogP contribution in [0, 0.1) is 11.3 Å². The van der Waals surface area contributed by atoms with Crippen LogP contribution in [0.3, 0.4) is 0 Å². The Morgan fingerprint density at radius 2 is 1.77 bits per heavy atom. The Morgan fingerprint density at radius 3 is 2.23 bits per heavy atom. The maximum Gasteiger partial charge on any atom is 0.170 e. The average Bonchev–Trinajstić information content (AvgIpc) is 2.17. The summed E-state index contributed by atoms with van der Waals surface area (Å²) >= 11 is 3.24. The van der Waals surface area contributed by atoms with Crippen LogP contribution in [-0.2, 0) is 0 Å². The highest BCUT2D eigenvalue weighted by Crippen LogP contribution is 2.19. The van der Waals surface area contributed by atoms with Gasteiger partial charge < -0.3 is 10.2 Å². The number of benzene rings is 1. The second-order valence-electron chi connectivity index (χ2n) is 2.57. The van der Waals surface area contributed by atoms with E-state index in [2.05, 4.69) is 15.9 Å². The van der Waals surface area contributed by atoms with E-state index in [9.17, 15) is 5.11 Å². The highest BCUT2D eigenvalue weighted by molar-refractivity contribution is 9.10. The van der Waals surface area contributed by atoms with Gasteiger partial charge in [-0.2, -0.15) is 5.26 Å². The maximum absolute atomic E-state index is 9.39. The highest BCUT2D eigenvalue weighted by Gasteiger charge is 2.16. The van der Waals surface area contributed by atoms with E-state index in [1.54, 1.807) is 30.3 Å². The van der Waals surface area contributed by atoms with Crippen LogP contribution >= 0.6 is 15.9 Å². The minimum absolute atomic E-state index is 0.525. The second-order valence-corrected chi connectivity index (χ2v) is 3.49. The summed E-state index contributed by atoms with van der Waals surface area (Å²) < 4.78 is 0.884. The standard InChI is InChI=1S/C9H8BrNO2/c10-7-3-1-6(2-4-7)9(13)8(12)5-11/h1-4,8-9,12-13H/t8-,9-/m0/s1. The zero-order chi connectivity index (χ0) is 9.84. The number of aliphatic hydroxyl groups is 2. The Kier molecular flexibility index (Phi) is 3.43. The van der Waals surface area contributed by atoms with E-state index in [-0.39, 0.29) is 0 Å². The van der Waals surface area contributed by atoms with Crippen molar-refractivity contribution < 1.29 is 10.2 Å². The van der Waals surface area contributed by atoms with Gasteiger partial charge in [-0.05, 0) is 17.7 Å². The number of aliphatic hydroxyl groups excluding tert-OH is 2. The van der Waals surface area contributed by atoms with E-state index in [1.165, 1.54) is 0 Å². The lowest BCUT2D eigenvalue weighted by molar-refractivity contribution is 0.0528. The normalized spacial score (nSPS) is 14.6. The second kappa shape index (κ2) is 4.38. The van der Waals surface area contributed by atoms with E-state index in [0.717, 1.165) is 4.47 Å². The smallest absolute Gasteiger partial charge is 0.170 e.